The molecular weight excluding hydrogens is 286 g/mol. The fourth-order valence-corrected chi connectivity index (χ4v) is 1.97. The predicted octanol–water partition coefficient (Wildman–Crippen LogP) is -0.192. The second kappa shape index (κ2) is 7.01. The van der Waals surface area contributed by atoms with Gasteiger partial charge in [-0.2, -0.15) is 0 Å². The maximum atomic E-state index is 11.3. The molecule has 0 spiro atoms. The molecule has 0 aliphatic rings. The number of aliphatic carboxylic acids is 1. The number of sulfone groups is 1. The topological polar surface area (TPSA) is 110 Å². The molecule has 0 aromatic heterocycles. The van der Waals surface area contributed by atoms with E-state index in [1.807, 2.05) is 0 Å². The van der Waals surface area contributed by atoms with Crippen molar-refractivity contribution in [3.8, 4) is 0 Å². The summed E-state index contributed by atoms with van der Waals surface area (Å²) >= 11 is 0. The highest BCUT2D eigenvalue weighted by molar-refractivity contribution is 7.90. The number of carboxylic acid groups (broad SMARTS) is 1. The number of benzene rings is 1. The van der Waals surface area contributed by atoms with Crippen LogP contribution in [0.5, 0.6) is 0 Å². The maximum Gasteiger partial charge on any atom is 0.329 e. The van der Waals surface area contributed by atoms with Gasteiger partial charge in [0.25, 0.3) is 0 Å². The standard InChI is InChI=1S/C12H15NO6S/c1-20(17,18)10-4-2-9(3-5-10)6-13-11(14)7-19-8-12(15)16/h2-5H,6-8H2,1H3,(H,13,14)(H,15,16). The number of carbonyl (C=O) groups excluding carboxylic acids is 1. The third-order valence-corrected chi connectivity index (χ3v) is 3.43. The van der Waals surface area contributed by atoms with E-state index in [1.165, 1.54) is 12.1 Å². The molecule has 0 aliphatic carbocycles. The van der Waals surface area contributed by atoms with Crippen LogP contribution in [0.25, 0.3) is 0 Å². The number of hydrogen-bond acceptors (Lipinski definition) is 5. The number of nitrogens with one attached hydrogen (secondary N) is 1. The quantitative estimate of drug-likeness (QED) is 0.722. The van der Waals surface area contributed by atoms with E-state index in [0.29, 0.717) is 0 Å². The van der Waals surface area contributed by atoms with E-state index in [-0.39, 0.29) is 18.0 Å². The van der Waals surface area contributed by atoms with E-state index >= 15 is 0 Å². The monoisotopic (exact) mass is 301 g/mol. The molecule has 1 amide bonds. The Morgan fingerprint density at radius 3 is 2.30 bits per heavy atom. The largest absolute Gasteiger partial charge is 0.480 e. The molecule has 110 valence electrons. The number of amides is 1. The van der Waals surface area contributed by atoms with Crippen LogP contribution in [0.3, 0.4) is 0 Å². The Labute approximate surface area is 116 Å². The number of carboxylic acids is 1. The third-order valence-electron chi connectivity index (χ3n) is 2.30. The first-order chi connectivity index (χ1) is 9.29. The van der Waals surface area contributed by atoms with Crippen LogP contribution in [0.2, 0.25) is 0 Å². The van der Waals surface area contributed by atoms with Gasteiger partial charge in [0.15, 0.2) is 9.84 Å². The molecule has 7 nitrogen and oxygen atoms in total. The van der Waals surface area contributed by atoms with Crippen molar-refractivity contribution in [3.05, 3.63) is 29.8 Å². The Balaban J connectivity index is 2.42. The van der Waals surface area contributed by atoms with E-state index in [9.17, 15) is 18.0 Å². The highest BCUT2D eigenvalue weighted by Gasteiger charge is 2.07. The minimum absolute atomic E-state index is 0.206. The minimum Gasteiger partial charge on any atom is -0.480 e. The summed E-state index contributed by atoms with van der Waals surface area (Å²) in [5.41, 5.74) is 0.726. The number of rotatable bonds is 7. The summed E-state index contributed by atoms with van der Waals surface area (Å²) in [5.74, 6) is -1.59. The molecule has 1 aromatic rings. The highest BCUT2D eigenvalue weighted by atomic mass is 32.2. The maximum absolute atomic E-state index is 11.3. The molecule has 1 rings (SSSR count). The van der Waals surface area contributed by atoms with Crippen LogP contribution in [0.1, 0.15) is 5.56 Å². The lowest BCUT2D eigenvalue weighted by molar-refractivity contribution is -0.143. The first-order valence-electron chi connectivity index (χ1n) is 5.64. The zero-order valence-corrected chi connectivity index (χ0v) is 11.6. The van der Waals surface area contributed by atoms with Crippen LogP contribution in [-0.4, -0.2) is 44.9 Å². The fraction of sp³-hybridized carbons (Fsp3) is 0.333. The average Bonchev–Trinajstić information content (AvgIpc) is 2.35. The number of hydrogen-bond donors (Lipinski definition) is 2. The molecular formula is C12H15NO6S. The van der Waals surface area contributed by atoms with E-state index in [2.05, 4.69) is 10.1 Å². The summed E-state index contributed by atoms with van der Waals surface area (Å²) in [5, 5.41) is 10.8. The first kappa shape index (κ1) is 16.1. The van der Waals surface area contributed by atoms with Gasteiger partial charge in [0.2, 0.25) is 5.91 Å². The SMILES string of the molecule is CS(=O)(=O)c1ccc(CNC(=O)COCC(=O)O)cc1. The van der Waals surface area contributed by atoms with Gasteiger partial charge in [-0.25, -0.2) is 13.2 Å². The van der Waals surface area contributed by atoms with E-state index in [0.717, 1.165) is 11.8 Å². The summed E-state index contributed by atoms with van der Waals surface area (Å²) in [6.07, 6.45) is 1.11. The Kier molecular flexibility index (Phi) is 5.66. The van der Waals surface area contributed by atoms with Gasteiger partial charge in [-0.1, -0.05) is 12.1 Å². The van der Waals surface area contributed by atoms with Gasteiger partial charge in [0.1, 0.15) is 13.2 Å². The van der Waals surface area contributed by atoms with Gasteiger partial charge >= 0.3 is 5.97 Å². The summed E-state index contributed by atoms with van der Waals surface area (Å²) in [6, 6.07) is 6.10. The zero-order valence-electron chi connectivity index (χ0n) is 10.8. The molecule has 0 atom stereocenters. The van der Waals surface area contributed by atoms with E-state index in [4.69, 9.17) is 5.11 Å². The highest BCUT2D eigenvalue weighted by Crippen LogP contribution is 2.09. The smallest absolute Gasteiger partial charge is 0.329 e. The van der Waals surface area contributed by atoms with Crippen LogP contribution < -0.4 is 5.32 Å². The first-order valence-corrected chi connectivity index (χ1v) is 7.53. The van der Waals surface area contributed by atoms with Crippen molar-refractivity contribution in [2.75, 3.05) is 19.5 Å². The van der Waals surface area contributed by atoms with Crippen molar-refractivity contribution in [1.29, 1.82) is 0 Å². The lowest BCUT2D eigenvalue weighted by atomic mass is 10.2. The van der Waals surface area contributed by atoms with Gasteiger partial charge in [-0.15, -0.1) is 0 Å². The fourth-order valence-electron chi connectivity index (χ4n) is 1.34. The number of ether oxygens (including phenoxy) is 1. The van der Waals surface area contributed by atoms with E-state index < -0.39 is 28.3 Å². The van der Waals surface area contributed by atoms with Gasteiger partial charge in [0.05, 0.1) is 4.90 Å². The molecule has 20 heavy (non-hydrogen) atoms. The lowest BCUT2D eigenvalue weighted by Crippen LogP contribution is -2.28. The van der Waals surface area contributed by atoms with Crippen molar-refractivity contribution >= 4 is 21.7 Å². The Morgan fingerprint density at radius 2 is 1.80 bits per heavy atom. The lowest BCUT2D eigenvalue weighted by Gasteiger charge is -2.06. The van der Waals surface area contributed by atoms with Crippen molar-refractivity contribution < 1.29 is 27.9 Å². The molecule has 0 aliphatic heterocycles. The third kappa shape index (κ3) is 5.81. The Hall–Kier alpha value is -1.93. The van der Waals surface area contributed by atoms with Crippen LogP contribution in [0, 0.1) is 0 Å². The summed E-state index contributed by atoms with van der Waals surface area (Å²) < 4.78 is 27.1. The van der Waals surface area contributed by atoms with Crippen LogP contribution in [0.15, 0.2) is 29.2 Å². The second-order valence-electron chi connectivity index (χ2n) is 4.08. The predicted molar refractivity (Wildman–Crippen MR) is 69.9 cm³/mol. The molecule has 0 unspecified atom stereocenters. The average molecular weight is 301 g/mol. The number of carbonyl (C=O) groups is 2. The van der Waals surface area contributed by atoms with Crippen LogP contribution in [0.4, 0.5) is 0 Å². The molecule has 0 saturated heterocycles. The molecule has 0 saturated carbocycles. The molecule has 8 heteroatoms. The molecule has 0 fully saturated rings. The molecule has 0 radical (unpaired) electrons. The Morgan fingerprint density at radius 1 is 1.20 bits per heavy atom. The molecule has 1 aromatic carbocycles. The minimum atomic E-state index is -3.23. The molecule has 2 N–H and O–H groups in total. The van der Waals surface area contributed by atoms with Gasteiger partial charge < -0.3 is 15.2 Å². The van der Waals surface area contributed by atoms with Crippen molar-refractivity contribution in [3.63, 3.8) is 0 Å². The summed E-state index contributed by atoms with van der Waals surface area (Å²) in [6.45, 7) is -0.663. The normalized spacial score (nSPS) is 11.1. The molecule has 0 bridgehead atoms. The van der Waals surface area contributed by atoms with Crippen LogP contribution >= 0.6 is 0 Å². The summed E-state index contributed by atoms with van der Waals surface area (Å²) in [4.78, 5) is 21.7. The Bertz CT molecular complexity index is 578. The van der Waals surface area contributed by atoms with Crippen molar-refractivity contribution in [1.82, 2.24) is 5.32 Å². The second-order valence-corrected chi connectivity index (χ2v) is 6.10. The van der Waals surface area contributed by atoms with Crippen molar-refractivity contribution in [2.45, 2.75) is 11.4 Å². The summed E-state index contributed by atoms with van der Waals surface area (Å²) in [7, 11) is -3.23. The van der Waals surface area contributed by atoms with Gasteiger partial charge in [-0.3, -0.25) is 4.79 Å². The van der Waals surface area contributed by atoms with E-state index in [1.54, 1.807) is 12.1 Å². The van der Waals surface area contributed by atoms with Gasteiger partial charge in [-0.05, 0) is 17.7 Å². The van der Waals surface area contributed by atoms with Gasteiger partial charge in [0, 0.05) is 12.8 Å². The molecule has 0 heterocycles. The zero-order chi connectivity index (χ0) is 15.2. The van der Waals surface area contributed by atoms with Crippen molar-refractivity contribution in [2.24, 2.45) is 0 Å². The van der Waals surface area contributed by atoms with Crippen LogP contribution in [-0.2, 0) is 30.7 Å².